The van der Waals surface area contributed by atoms with E-state index in [1.165, 1.54) is 69.4 Å². The van der Waals surface area contributed by atoms with Crippen molar-refractivity contribution in [2.75, 3.05) is 13.6 Å². The molecule has 1 aliphatic heterocycles. The van der Waals surface area contributed by atoms with Crippen LogP contribution in [0.2, 0.25) is 0 Å². The average molecular weight is 261 g/mol. The van der Waals surface area contributed by atoms with Crippen molar-refractivity contribution < 1.29 is 0 Å². The maximum Gasteiger partial charge on any atom is 0.110 e. The van der Waals surface area contributed by atoms with Crippen LogP contribution in [0.4, 0.5) is 0 Å². The van der Waals surface area contributed by atoms with Crippen molar-refractivity contribution >= 4 is 0 Å². The van der Waals surface area contributed by atoms with Crippen LogP contribution in [0.3, 0.4) is 0 Å². The molecule has 1 fully saturated rings. The van der Waals surface area contributed by atoms with E-state index >= 15 is 0 Å². The van der Waals surface area contributed by atoms with E-state index in [1.807, 2.05) is 7.05 Å². The Hall–Kier alpha value is -0.830. The highest BCUT2D eigenvalue weighted by Crippen LogP contribution is 2.36. The van der Waals surface area contributed by atoms with E-state index in [0.717, 1.165) is 18.9 Å². The number of fused-ring (bicyclic) bond motifs is 1. The first-order valence-electron chi connectivity index (χ1n) is 8.13. The molecule has 1 aromatic rings. The van der Waals surface area contributed by atoms with E-state index in [9.17, 15) is 0 Å². The van der Waals surface area contributed by atoms with Crippen molar-refractivity contribution in [1.82, 2.24) is 14.9 Å². The predicted octanol–water partition coefficient (Wildman–Crippen LogP) is 3.03. The molecule has 1 aromatic heterocycles. The molecule has 0 radical (unpaired) electrons. The highest BCUT2D eigenvalue weighted by molar-refractivity contribution is 5.23. The summed E-state index contributed by atoms with van der Waals surface area (Å²) in [4.78, 5) is 5.08. The zero-order valence-corrected chi connectivity index (χ0v) is 12.2. The van der Waals surface area contributed by atoms with E-state index in [2.05, 4.69) is 9.88 Å². The number of aromatic nitrogens is 2. The van der Waals surface area contributed by atoms with Gasteiger partial charge in [0.15, 0.2) is 0 Å². The van der Waals surface area contributed by atoms with Crippen LogP contribution in [0.1, 0.15) is 68.1 Å². The summed E-state index contributed by atoms with van der Waals surface area (Å²) in [7, 11) is 2.03. The van der Waals surface area contributed by atoms with Crippen molar-refractivity contribution in [2.24, 2.45) is 0 Å². The van der Waals surface area contributed by atoms with Crippen LogP contribution in [0.15, 0.2) is 0 Å². The van der Waals surface area contributed by atoms with Gasteiger partial charge in [-0.25, -0.2) is 4.98 Å². The summed E-state index contributed by atoms with van der Waals surface area (Å²) in [5.41, 5.74) is 3.06. The average Bonchev–Trinajstić information content (AvgIpc) is 2.85. The molecule has 1 aliphatic carbocycles. The topological polar surface area (TPSA) is 29.9 Å². The van der Waals surface area contributed by atoms with E-state index in [0.29, 0.717) is 0 Å². The third-order valence-electron chi connectivity index (χ3n) is 4.82. The standard InChI is InChI=1S/C16H27N3/c1-17-11-10-15-18-16(13-7-3-2-4-8-13)14-9-5-6-12-19(14)15/h13,17H,2-12H2,1H3. The first-order valence-corrected chi connectivity index (χ1v) is 8.13. The van der Waals surface area contributed by atoms with Crippen LogP contribution in [0, 0.1) is 0 Å². The summed E-state index contributed by atoms with van der Waals surface area (Å²) in [6, 6.07) is 0. The highest BCUT2D eigenvalue weighted by Gasteiger charge is 2.26. The molecule has 0 unspecified atom stereocenters. The third kappa shape index (κ3) is 2.71. The minimum absolute atomic E-state index is 0.761. The highest BCUT2D eigenvalue weighted by atomic mass is 15.1. The molecular weight excluding hydrogens is 234 g/mol. The molecule has 0 bridgehead atoms. The summed E-state index contributed by atoms with van der Waals surface area (Å²) >= 11 is 0. The SMILES string of the molecule is CNCCc1nc(C2CCCCC2)c2n1CCCC2. The first kappa shape index (κ1) is 13.2. The minimum atomic E-state index is 0.761. The van der Waals surface area contributed by atoms with Gasteiger partial charge < -0.3 is 9.88 Å². The van der Waals surface area contributed by atoms with Gasteiger partial charge in [0.2, 0.25) is 0 Å². The zero-order chi connectivity index (χ0) is 13.1. The van der Waals surface area contributed by atoms with Gasteiger partial charge in [-0.1, -0.05) is 19.3 Å². The van der Waals surface area contributed by atoms with E-state index in [1.54, 1.807) is 5.69 Å². The largest absolute Gasteiger partial charge is 0.332 e. The Labute approximate surface area is 116 Å². The van der Waals surface area contributed by atoms with Crippen LogP contribution in [-0.2, 0) is 19.4 Å². The molecule has 0 spiro atoms. The van der Waals surface area contributed by atoms with Crippen molar-refractivity contribution in [1.29, 1.82) is 0 Å². The van der Waals surface area contributed by atoms with Gasteiger partial charge in [-0.3, -0.25) is 0 Å². The van der Waals surface area contributed by atoms with Crippen LogP contribution < -0.4 is 5.32 Å². The van der Waals surface area contributed by atoms with Gasteiger partial charge in [-0.15, -0.1) is 0 Å². The fourth-order valence-corrected chi connectivity index (χ4v) is 3.78. The van der Waals surface area contributed by atoms with E-state index in [4.69, 9.17) is 4.98 Å². The lowest BCUT2D eigenvalue weighted by atomic mass is 9.85. The van der Waals surface area contributed by atoms with Crippen LogP contribution >= 0.6 is 0 Å². The quantitative estimate of drug-likeness (QED) is 0.903. The van der Waals surface area contributed by atoms with Gasteiger partial charge in [0, 0.05) is 31.1 Å². The predicted molar refractivity (Wildman–Crippen MR) is 78.6 cm³/mol. The summed E-state index contributed by atoms with van der Waals surface area (Å²) in [5, 5.41) is 3.26. The Balaban J connectivity index is 1.87. The van der Waals surface area contributed by atoms with Gasteiger partial charge in [0.05, 0.1) is 5.69 Å². The second-order valence-corrected chi connectivity index (χ2v) is 6.16. The van der Waals surface area contributed by atoms with Gasteiger partial charge in [0.25, 0.3) is 0 Å². The van der Waals surface area contributed by atoms with E-state index < -0.39 is 0 Å². The minimum Gasteiger partial charge on any atom is -0.332 e. The second-order valence-electron chi connectivity index (χ2n) is 6.16. The smallest absolute Gasteiger partial charge is 0.110 e. The zero-order valence-electron chi connectivity index (χ0n) is 12.2. The van der Waals surface area contributed by atoms with Crippen molar-refractivity contribution in [2.45, 2.75) is 70.3 Å². The molecule has 0 amide bonds. The molecule has 3 nitrogen and oxygen atoms in total. The molecule has 3 rings (SSSR count). The molecule has 1 saturated carbocycles. The Morgan fingerprint density at radius 3 is 2.79 bits per heavy atom. The molecule has 3 heteroatoms. The van der Waals surface area contributed by atoms with Crippen LogP contribution in [0.25, 0.3) is 0 Å². The molecular formula is C16H27N3. The number of hydrogen-bond acceptors (Lipinski definition) is 2. The lowest BCUT2D eigenvalue weighted by molar-refractivity contribution is 0.430. The first-order chi connectivity index (χ1) is 9.40. The van der Waals surface area contributed by atoms with Crippen LogP contribution in [0.5, 0.6) is 0 Å². The van der Waals surface area contributed by atoms with Gasteiger partial charge in [-0.05, 0) is 39.2 Å². The number of imidazole rings is 1. The number of likely N-dealkylation sites (N-methyl/N-ethyl adjacent to an activating group) is 1. The second kappa shape index (κ2) is 6.08. The number of nitrogens with zero attached hydrogens (tertiary/aromatic N) is 2. The molecule has 0 saturated heterocycles. The summed E-state index contributed by atoms with van der Waals surface area (Å²) in [5.74, 6) is 2.10. The lowest BCUT2D eigenvalue weighted by Gasteiger charge is -2.23. The molecule has 0 aromatic carbocycles. The van der Waals surface area contributed by atoms with E-state index in [-0.39, 0.29) is 0 Å². The lowest BCUT2D eigenvalue weighted by Crippen LogP contribution is -2.17. The van der Waals surface area contributed by atoms with Crippen LogP contribution in [-0.4, -0.2) is 23.1 Å². The fourth-order valence-electron chi connectivity index (χ4n) is 3.78. The number of hydrogen-bond donors (Lipinski definition) is 1. The Morgan fingerprint density at radius 1 is 1.16 bits per heavy atom. The summed E-state index contributed by atoms with van der Waals surface area (Å²) < 4.78 is 2.55. The maximum atomic E-state index is 5.08. The number of nitrogens with one attached hydrogen (secondary N) is 1. The van der Waals surface area contributed by atoms with Crippen molar-refractivity contribution in [3.63, 3.8) is 0 Å². The Morgan fingerprint density at radius 2 is 2.00 bits per heavy atom. The Kier molecular flexibility index (Phi) is 4.21. The third-order valence-corrected chi connectivity index (χ3v) is 4.82. The Bertz CT molecular complexity index is 416. The van der Waals surface area contributed by atoms with Crippen molar-refractivity contribution in [3.8, 4) is 0 Å². The molecule has 1 N–H and O–H groups in total. The molecule has 2 heterocycles. The van der Waals surface area contributed by atoms with Gasteiger partial charge in [0.1, 0.15) is 5.82 Å². The molecule has 106 valence electrons. The summed E-state index contributed by atoms with van der Waals surface area (Å²) in [6.45, 7) is 2.24. The summed E-state index contributed by atoms with van der Waals surface area (Å²) in [6.07, 6.45) is 12.0. The monoisotopic (exact) mass is 261 g/mol. The van der Waals surface area contributed by atoms with Gasteiger partial charge >= 0.3 is 0 Å². The molecule has 0 atom stereocenters. The maximum absolute atomic E-state index is 5.08. The molecule has 19 heavy (non-hydrogen) atoms. The fraction of sp³-hybridized carbons (Fsp3) is 0.812. The normalized spacial score (nSPS) is 20.5. The molecule has 2 aliphatic rings. The van der Waals surface area contributed by atoms with Gasteiger partial charge in [-0.2, -0.15) is 0 Å². The van der Waals surface area contributed by atoms with Crippen molar-refractivity contribution in [3.05, 3.63) is 17.2 Å². The number of rotatable bonds is 4.